The molecule has 0 radical (unpaired) electrons. The van der Waals surface area contributed by atoms with Crippen LogP contribution >= 0.6 is 15.9 Å². The number of aryl methyl sites for hydroxylation is 1. The minimum Gasteiger partial charge on any atom is -0.394 e. The Morgan fingerprint density at radius 2 is 2.24 bits per heavy atom. The van der Waals surface area contributed by atoms with Crippen molar-refractivity contribution in [1.29, 1.82) is 0 Å². The minimum absolute atomic E-state index is 0.0221. The van der Waals surface area contributed by atoms with Gasteiger partial charge in [-0.15, -0.1) is 0 Å². The zero-order valence-corrected chi connectivity index (χ0v) is 11.4. The van der Waals surface area contributed by atoms with Gasteiger partial charge in [0.05, 0.1) is 12.1 Å². The van der Waals surface area contributed by atoms with Crippen LogP contribution in [0.4, 0.5) is 0 Å². The minimum atomic E-state index is -0.377. The summed E-state index contributed by atoms with van der Waals surface area (Å²) in [5.74, 6) is -0.102. The van der Waals surface area contributed by atoms with Crippen molar-refractivity contribution in [2.75, 3.05) is 6.61 Å². The number of benzene rings is 1. The second kappa shape index (κ2) is 4.78. The molecule has 0 spiro atoms. The highest BCUT2D eigenvalue weighted by molar-refractivity contribution is 9.10. The second-order valence-corrected chi connectivity index (χ2v) is 5.56. The third kappa shape index (κ3) is 2.53. The van der Waals surface area contributed by atoms with E-state index in [4.69, 9.17) is 0 Å². The highest BCUT2D eigenvalue weighted by atomic mass is 79.9. The Labute approximate surface area is 109 Å². The summed E-state index contributed by atoms with van der Waals surface area (Å²) >= 11 is 3.41. The molecule has 2 rings (SSSR count). The molecule has 0 aromatic heterocycles. The van der Waals surface area contributed by atoms with E-state index in [-0.39, 0.29) is 18.1 Å². The molecule has 1 saturated carbocycles. The normalized spacial score (nSPS) is 17.4. The summed E-state index contributed by atoms with van der Waals surface area (Å²) in [5.41, 5.74) is 1.30. The average molecular weight is 298 g/mol. The van der Waals surface area contributed by atoms with Crippen molar-refractivity contribution in [1.82, 2.24) is 5.32 Å². The molecule has 0 aliphatic heterocycles. The van der Waals surface area contributed by atoms with Crippen molar-refractivity contribution in [2.24, 2.45) is 0 Å². The molecule has 0 saturated heterocycles. The summed E-state index contributed by atoms with van der Waals surface area (Å²) in [6.07, 6.45) is 2.80. The quantitative estimate of drug-likeness (QED) is 0.900. The summed E-state index contributed by atoms with van der Waals surface area (Å²) in [6, 6.07) is 5.51. The van der Waals surface area contributed by atoms with Crippen LogP contribution in [-0.2, 0) is 0 Å². The van der Waals surface area contributed by atoms with Crippen molar-refractivity contribution < 1.29 is 9.90 Å². The van der Waals surface area contributed by atoms with Gasteiger partial charge in [0.1, 0.15) is 0 Å². The molecule has 0 unspecified atom stereocenters. The van der Waals surface area contributed by atoms with Crippen LogP contribution in [0.25, 0.3) is 0 Å². The molecule has 17 heavy (non-hydrogen) atoms. The largest absolute Gasteiger partial charge is 0.394 e. The van der Waals surface area contributed by atoms with Gasteiger partial charge in [-0.25, -0.2) is 0 Å². The Morgan fingerprint density at radius 3 is 2.71 bits per heavy atom. The van der Waals surface area contributed by atoms with Crippen molar-refractivity contribution in [3.05, 3.63) is 33.8 Å². The lowest BCUT2D eigenvalue weighted by Gasteiger charge is -2.40. The second-order valence-electron chi connectivity index (χ2n) is 4.71. The highest BCUT2D eigenvalue weighted by Crippen LogP contribution is 2.31. The molecule has 1 aliphatic carbocycles. The SMILES string of the molecule is Cc1cc(C(=O)NC2(CO)CCC2)ccc1Br. The number of aliphatic hydroxyl groups is 1. The van der Waals surface area contributed by atoms with E-state index in [2.05, 4.69) is 21.2 Å². The van der Waals surface area contributed by atoms with Crippen LogP contribution in [0.1, 0.15) is 35.2 Å². The molecule has 0 atom stereocenters. The van der Waals surface area contributed by atoms with Gasteiger partial charge < -0.3 is 10.4 Å². The van der Waals surface area contributed by atoms with Crippen LogP contribution < -0.4 is 5.32 Å². The Hall–Kier alpha value is -0.870. The van der Waals surface area contributed by atoms with Gasteiger partial charge in [-0.1, -0.05) is 15.9 Å². The maximum absolute atomic E-state index is 12.0. The van der Waals surface area contributed by atoms with E-state index in [0.29, 0.717) is 5.56 Å². The maximum Gasteiger partial charge on any atom is 0.251 e. The van der Waals surface area contributed by atoms with E-state index in [1.807, 2.05) is 19.1 Å². The van der Waals surface area contributed by atoms with Gasteiger partial charge in [-0.05, 0) is 49.9 Å². The first-order chi connectivity index (χ1) is 8.06. The molecule has 2 N–H and O–H groups in total. The van der Waals surface area contributed by atoms with E-state index in [1.165, 1.54) is 0 Å². The molecule has 4 heteroatoms. The lowest BCUT2D eigenvalue weighted by molar-refractivity contribution is 0.0641. The lowest BCUT2D eigenvalue weighted by atomic mass is 9.77. The standard InChI is InChI=1S/C13H16BrNO2/c1-9-7-10(3-4-11(9)14)12(17)15-13(8-16)5-2-6-13/h3-4,7,16H,2,5-6,8H2,1H3,(H,15,17). The van der Waals surface area contributed by atoms with Crippen molar-refractivity contribution in [3.8, 4) is 0 Å². The molecule has 1 amide bonds. The van der Waals surface area contributed by atoms with Crippen LogP contribution in [0.3, 0.4) is 0 Å². The Kier molecular flexibility index (Phi) is 3.54. The number of rotatable bonds is 3. The molecule has 0 heterocycles. The molecule has 0 bridgehead atoms. The smallest absolute Gasteiger partial charge is 0.251 e. The topological polar surface area (TPSA) is 49.3 Å². The van der Waals surface area contributed by atoms with Gasteiger partial charge in [-0.2, -0.15) is 0 Å². The van der Waals surface area contributed by atoms with Gasteiger partial charge in [0.2, 0.25) is 0 Å². The van der Waals surface area contributed by atoms with Gasteiger partial charge in [0.15, 0.2) is 0 Å². The first kappa shape index (κ1) is 12.6. The number of hydrogen-bond acceptors (Lipinski definition) is 2. The lowest BCUT2D eigenvalue weighted by Crippen LogP contribution is -2.56. The fraction of sp³-hybridized carbons (Fsp3) is 0.462. The van der Waals surface area contributed by atoms with Gasteiger partial charge in [-0.3, -0.25) is 4.79 Å². The molecule has 92 valence electrons. The van der Waals surface area contributed by atoms with E-state index in [0.717, 1.165) is 29.3 Å². The summed E-state index contributed by atoms with van der Waals surface area (Å²) in [5, 5.41) is 12.2. The van der Waals surface area contributed by atoms with Gasteiger partial charge in [0, 0.05) is 10.0 Å². The molecule has 1 aliphatic rings. The van der Waals surface area contributed by atoms with Gasteiger partial charge in [0.25, 0.3) is 5.91 Å². The summed E-state index contributed by atoms with van der Waals surface area (Å²) in [7, 11) is 0. The van der Waals surface area contributed by atoms with E-state index < -0.39 is 0 Å². The molecule has 3 nitrogen and oxygen atoms in total. The predicted molar refractivity (Wildman–Crippen MR) is 70.0 cm³/mol. The number of carbonyl (C=O) groups is 1. The molecular weight excluding hydrogens is 282 g/mol. The predicted octanol–water partition coefficient (Wildman–Crippen LogP) is 2.40. The third-order valence-electron chi connectivity index (χ3n) is 3.41. The van der Waals surface area contributed by atoms with Crippen LogP contribution in [0.5, 0.6) is 0 Å². The highest BCUT2D eigenvalue weighted by Gasteiger charge is 2.37. The van der Waals surface area contributed by atoms with E-state index >= 15 is 0 Å². The summed E-state index contributed by atoms with van der Waals surface area (Å²) in [4.78, 5) is 12.0. The maximum atomic E-state index is 12.0. The van der Waals surface area contributed by atoms with E-state index in [1.54, 1.807) is 6.07 Å². The number of nitrogens with one attached hydrogen (secondary N) is 1. The summed E-state index contributed by atoms with van der Waals surface area (Å²) in [6.45, 7) is 1.97. The van der Waals surface area contributed by atoms with Crippen LogP contribution in [0.2, 0.25) is 0 Å². The third-order valence-corrected chi connectivity index (χ3v) is 4.30. The zero-order valence-electron chi connectivity index (χ0n) is 9.79. The van der Waals surface area contributed by atoms with Crippen LogP contribution in [0, 0.1) is 6.92 Å². The first-order valence-corrected chi connectivity index (χ1v) is 6.55. The zero-order chi connectivity index (χ0) is 12.5. The van der Waals surface area contributed by atoms with E-state index in [9.17, 15) is 9.90 Å². The van der Waals surface area contributed by atoms with Gasteiger partial charge >= 0.3 is 0 Å². The Balaban J connectivity index is 2.11. The number of amides is 1. The first-order valence-electron chi connectivity index (χ1n) is 5.76. The molecule has 1 aromatic rings. The van der Waals surface area contributed by atoms with Crippen molar-refractivity contribution in [2.45, 2.75) is 31.7 Å². The van der Waals surface area contributed by atoms with Crippen LogP contribution in [0.15, 0.2) is 22.7 Å². The number of carbonyl (C=O) groups excluding carboxylic acids is 1. The molecular formula is C13H16BrNO2. The number of halogens is 1. The fourth-order valence-electron chi connectivity index (χ4n) is 2.03. The Morgan fingerprint density at radius 1 is 1.53 bits per heavy atom. The Bertz CT molecular complexity index is 436. The van der Waals surface area contributed by atoms with Crippen molar-refractivity contribution >= 4 is 21.8 Å². The monoisotopic (exact) mass is 297 g/mol. The van der Waals surface area contributed by atoms with Crippen molar-refractivity contribution in [3.63, 3.8) is 0 Å². The fourth-order valence-corrected chi connectivity index (χ4v) is 2.27. The van der Waals surface area contributed by atoms with Crippen LogP contribution in [-0.4, -0.2) is 23.2 Å². The summed E-state index contributed by atoms with van der Waals surface area (Å²) < 4.78 is 0.995. The molecule has 1 aromatic carbocycles. The number of hydrogen-bond donors (Lipinski definition) is 2. The average Bonchev–Trinajstić information content (AvgIpc) is 2.27. The number of aliphatic hydroxyl groups excluding tert-OH is 1. The molecule has 1 fully saturated rings.